The van der Waals surface area contributed by atoms with E-state index in [1.54, 1.807) is 0 Å². The maximum atomic E-state index is 13.1. The highest BCUT2D eigenvalue weighted by Crippen LogP contribution is 2.21. The Hall–Kier alpha value is -2.23. The van der Waals surface area contributed by atoms with E-state index in [0.29, 0.717) is 0 Å². The number of hydrogen-bond donors (Lipinski definition) is 2. The number of halogens is 1. The monoisotopic (exact) mass is 305 g/mol. The molecule has 0 aliphatic rings. The van der Waals surface area contributed by atoms with Gasteiger partial charge in [0, 0.05) is 24.6 Å². The van der Waals surface area contributed by atoms with E-state index in [1.807, 2.05) is 0 Å². The fourth-order valence-corrected chi connectivity index (χ4v) is 1.73. The molecule has 0 unspecified atom stereocenters. The zero-order valence-corrected chi connectivity index (χ0v) is 11.2. The normalized spacial score (nSPS) is 10.9. The molecule has 110 valence electrons. The topological polar surface area (TPSA) is 118 Å². The lowest BCUT2D eigenvalue weighted by Gasteiger charge is -2.07. The zero-order chi connectivity index (χ0) is 15.3. The molecule has 8 nitrogen and oxygen atoms in total. The van der Waals surface area contributed by atoms with Crippen LogP contribution in [0, 0.1) is 15.9 Å². The van der Waals surface area contributed by atoms with Gasteiger partial charge >= 0.3 is 11.7 Å². The summed E-state index contributed by atoms with van der Waals surface area (Å²) < 4.78 is 34.7. The summed E-state index contributed by atoms with van der Waals surface area (Å²) in [5, 5.41) is 15.0. The van der Waals surface area contributed by atoms with Crippen LogP contribution in [0.25, 0.3) is 0 Å². The number of nitrogens with zero attached hydrogens (tertiary/aromatic N) is 1. The molecule has 1 aromatic carbocycles. The minimum absolute atomic E-state index is 0.0231. The number of nitro groups is 1. The average molecular weight is 305 g/mol. The standard InChI is InChI=1S/C10H12FN3O5S/c1-20(18,19)5-4-12-10(15)13-7-2-3-8(11)9(6-7)14(16)17/h2-3,6H,4-5H2,1H3,(H2,12,13,15). The minimum Gasteiger partial charge on any atom is -0.337 e. The van der Waals surface area contributed by atoms with E-state index in [-0.39, 0.29) is 18.0 Å². The molecule has 0 spiro atoms. The van der Waals surface area contributed by atoms with E-state index in [9.17, 15) is 27.7 Å². The molecule has 10 heteroatoms. The van der Waals surface area contributed by atoms with Crippen molar-refractivity contribution in [2.24, 2.45) is 0 Å². The van der Waals surface area contributed by atoms with Crippen molar-refractivity contribution < 1.29 is 22.5 Å². The number of sulfone groups is 1. The van der Waals surface area contributed by atoms with Crippen molar-refractivity contribution in [3.63, 3.8) is 0 Å². The Bertz CT molecular complexity index is 632. The molecule has 0 fully saturated rings. The van der Waals surface area contributed by atoms with Crippen LogP contribution in [0.3, 0.4) is 0 Å². The van der Waals surface area contributed by atoms with E-state index < -0.39 is 32.3 Å². The molecule has 1 rings (SSSR count). The second kappa shape index (κ2) is 6.28. The third kappa shape index (κ3) is 5.18. The number of rotatable bonds is 5. The highest BCUT2D eigenvalue weighted by Gasteiger charge is 2.15. The lowest BCUT2D eigenvalue weighted by molar-refractivity contribution is -0.387. The minimum atomic E-state index is -3.20. The number of nitrogens with one attached hydrogen (secondary N) is 2. The van der Waals surface area contributed by atoms with Crippen LogP contribution in [-0.4, -0.2) is 37.9 Å². The lowest BCUT2D eigenvalue weighted by Crippen LogP contribution is -2.32. The summed E-state index contributed by atoms with van der Waals surface area (Å²) in [7, 11) is -3.20. The number of hydrogen-bond acceptors (Lipinski definition) is 5. The zero-order valence-electron chi connectivity index (χ0n) is 10.4. The van der Waals surface area contributed by atoms with Crippen LogP contribution in [0.1, 0.15) is 0 Å². The van der Waals surface area contributed by atoms with Crippen molar-refractivity contribution >= 4 is 27.2 Å². The fraction of sp³-hybridized carbons (Fsp3) is 0.300. The Kier molecular flexibility index (Phi) is 4.97. The molecule has 2 amide bonds. The van der Waals surface area contributed by atoms with E-state index in [0.717, 1.165) is 24.5 Å². The van der Waals surface area contributed by atoms with Gasteiger partial charge in [0.25, 0.3) is 0 Å². The predicted molar refractivity (Wildman–Crippen MR) is 69.8 cm³/mol. The summed E-state index contributed by atoms with van der Waals surface area (Å²) in [4.78, 5) is 21.0. The molecule has 0 saturated carbocycles. The Labute approximate surface area is 114 Å². The number of urea groups is 1. The number of nitro benzene ring substituents is 1. The summed E-state index contributed by atoms with van der Waals surface area (Å²) >= 11 is 0. The second-order valence-electron chi connectivity index (χ2n) is 3.93. The van der Waals surface area contributed by atoms with Crippen molar-refractivity contribution in [3.8, 4) is 0 Å². The first kappa shape index (κ1) is 15.8. The summed E-state index contributed by atoms with van der Waals surface area (Å²) in [5.74, 6) is -1.25. The molecule has 0 aromatic heterocycles. The predicted octanol–water partition coefficient (Wildman–Crippen LogP) is 0.900. The van der Waals surface area contributed by atoms with Gasteiger partial charge in [-0.05, 0) is 12.1 Å². The van der Waals surface area contributed by atoms with E-state index in [4.69, 9.17) is 0 Å². The Balaban J connectivity index is 2.63. The number of anilines is 1. The lowest BCUT2D eigenvalue weighted by atomic mass is 10.2. The quantitative estimate of drug-likeness (QED) is 0.619. The summed E-state index contributed by atoms with van der Waals surface area (Å²) in [5.41, 5.74) is -0.742. The van der Waals surface area contributed by atoms with Gasteiger partial charge in [-0.3, -0.25) is 10.1 Å². The molecule has 0 aliphatic heterocycles. The smallest absolute Gasteiger partial charge is 0.319 e. The van der Waals surface area contributed by atoms with Gasteiger partial charge in [-0.15, -0.1) is 0 Å². The molecular weight excluding hydrogens is 293 g/mol. The van der Waals surface area contributed by atoms with Gasteiger partial charge in [-0.25, -0.2) is 13.2 Å². The molecule has 20 heavy (non-hydrogen) atoms. The van der Waals surface area contributed by atoms with E-state index >= 15 is 0 Å². The van der Waals surface area contributed by atoms with Gasteiger partial charge in [-0.1, -0.05) is 0 Å². The Morgan fingerprint density at radius 3 is 2.65 bits per heavy atom. The molecular formula is C10H12FN3O5S. The molecule has 0 radical (unpaired) electrons. The van der Waals surface area contributed by atoms with Crippen molar-refractivity contribution in [1.82, 2.24) is 5.32 Å². The number of benzene rings is 1. The maximum absolute atomic E-state index is 13.1. The first-order valence-electron chi connectivity index (χ1n) is 5.35. The molecule has 0 saturated heterocycles. The Morgan fingerprint density at radius 2 is 2.10 bits per heavy atom. The average Bonchev–Trinajstić information content (AvgIpc) is 2.29. The van der Waals surface area contributed by atoms with E-state index in [2.05, 4.69) is 10.6 Å². The highest BCUT2D eigenvalue weighted by molar-refractivity contribution is 7.90. The molecule has 0 atom stereocenters. The highest BCUT2D eigenvalue weighted by atomic mass is 32.2. The van der Waals surface area contributed by atoms with Crippen LogP contribution in [0.15, 0.2) is 18.2 Å². The third-order valence-corrected chi connectivity index (χ3v) is 3.10. The van der Waals surface area contributed by atoms with Gasteiger partial charge < -0.3 is 10.6 Å². The molecule has 2 N–H and O–H groups in total. The number of carbonyl (C=O) groups excluding carboxylic acids is 1. The van der Waals surface area contributed by atoms with Crippen LogP contribution < -0.4 is 10.6 Å². The van der Waals surface area contributed by atoms with E-state index in [1.165, 1.54) is 0 Å². The largest absolute Gasteiger partial charge is 0.337 e. The summed E-state index contributed by atoms with van der Waals surface area (Å²) in [6, 6.07) is 2.13. The van der Waals surface area contributed by atoms with Crippen molar-refractivity contribution in [1.29, 1.82) is 0 Å². The fourth-order valence-electron chi connectivity index (χ4n) is 1.26. The molecule has 0 aliphatic carbocycles. The van der Waals surface area contributed by atoms with Crippen LogP contribution in [0.4, 0.5) is 20.6 Å². The van der Waals surface area contributed by atoms with Gasteiger partial charge in [0.15, 0.2) is 0 Å². The van der Waals surface area contributed by atoms with Crippen LogP contribution in [0.5, 0.6) is 0 Å². The van der Waals surface area contributed by atoms with Gasteiger partial charge in [0.1, 0.15) is 9.84 Å². The number of amides is 2. The van der Waals surface area contributed by atoms with Gasteiger partial charge in [0.05, 0.1) is 10.7 Å². The van der Waals surface area contributed by atoms with Gasteiger partial charge in [0.2, 0.25) is 5.82 Å². The van der Waals surface area contributed by atoms with Gasteiger partial charge in [-0.2, -0.15) is 4.39 Å². The molecule has 1 aromatic rings. The third-order valence-electron chi connectivity index (χ3n) is 2.16. The van der Waals surface area contributed by atoms with Crippen molar-refractivity contribution in [2.75, 3.05) is 23.9 Å². The SMILES string of the molecule is CS(=O)(=O)CCNC(=O)Nc1ccc(F)c([N+](=O)[O-])c1. The van der Waals surface area contributed by atoms with Crippen LogP contribution in [0.2, 0.25) is 0 Å². The summed E-state index contributed by atoms with van der Waals surface area (Å²) in [6.07, 6.45) is 1.02. The summed E-state index contributed by atoms with van der Waals surface area (Å²) in [6.45, 7) is -0.103. The number of carbonyl (C=O) groups is 1. The van der Waals surface area contributed by atoms with Crippen LogP contribution >= 0.6 is 0 Å². The molecule has 0 heterocycles. The Morgan fingerprint density at radius 1 is 1.45 bits per heavy atom. The molecule has 0 bridgehead atoms. The van der Waals surface area contributed by atoms with Crippen molar-refractivity contribution in [3.05, 3.63) is 34.1 Å². The van der Waals surface area contributed by atoms with Crippen molar-refractivity contribution in [2.45, 2.75) is 0 Å². The first-order chi connectivity index (χ1) is 9.19. The maximum Gasteiger partial charge on any atom is 0.319 e. The second-order valence-corrected chi connectivity index (χ2v) is 6.19. The van der Waals surface area contributed by atoms with Crippen LogP contribution in [-0.2, 0) is 9.84 Å². The first-order valence-corrected chi connectivity index (χ1v) is 7.41.